The SMILES string of the molecule is CCCCCOc1cc(F)cc(C(=O)C(F)(F)F)c1. The highest BCUT2D eigenvalue weighted by molar-refractivity contribution is 6.00. The Kier molecular flexibility index (Phi) is 5.32. The van der Waals surface area contributed by atoms with E-state index in [1.165, 1.54) is 0 Å². The molecule has 0 aliphatic heterocycles. The number of alkyl halides is 3. The molecule has 0 saturated carbocycles. The van der Waals surface area contributed by atoms with Crippen LogP contribution in [0, 0.1) is 5.82 Å². The van der Waals surface area contributed by atoms with Crippen LogP contribution in [0.4, 0.5) is 17.6 Å². The smallest absolute Gasteiger partial charge is 0.454 e. The molecule has 0 atom stereocenters. The monoisotopic (exact) mass is 278 g/mol. The second-order valence-electron chi connectivity index (χ2n) is 4.06. The van der Waals surface area contributed by atoms with E-state index in [9.17, 15) is 22.4 Å². The minimum atomic E-state index is -5.02. The minimum absolute atomic E-state index is 0.0660. The quantitative estimate of drug-likeness (QED) is 0.444. The van der Waals surface area contributed by atoms with Crippen LogP contribution in [-0.4, -0.2) is 18.6 Å². The second kappa shape index (κ2) is 6.54. The Labute approximate surface area is 108 Å². The van der Waals surface area contributed by atoms with Crippen molar-refractivity contribution < 1.29 is 27.1 Å². The molecular formula is C13H14F4O2. The molecule has 0 spiro atoms. The van der Waals surface area contributed by atoms with Crippen molar-refractivity contribution in [1.82, 2.24) is 0 Å². The molecule has 0 amide bonds. The normalized spacial score (nSPS) is 11.4. The molecule has 6 heteroatoms. The zero-order chi connectivity index (χ0) is 14.5. The minimum Gasteiger partial charge on any atom is -0.493 e. The number of halogens is 4. The second-order valence-corrected chi connectivity index (χ2v) is 4.06. The molecule has 0 aromatic heterocycles. The summed E-state index contributed by atoms with van der Waals surface area (Å²) in [6, 6.07) is 2.42. The van der Waals surface area contributed by atoms with Crippen LogP contribution in [-0.2, 0) is 0 Å². The topological polar surface area (TPSA) is 26.3 Å². The molecule has 0 saturated heterocycles. The number of rotatable bonds is 6. The van der Waals surface area contributed by atoms with Crippen molar-refractivity contribution in [2.24, 2.45) is 0 Å². The number of benzene rings is 1. The predicted molar refractivity (Wildman–Crippen MR) is 61.8 cm³/mol. The van der Waals surface area contributed by atoms with E-state index in [1.54, 1.807) is 0 Å². The van der Waals surface area contributed by atoms with Crippen molar-refractivity contribution in [3.05, 3.63) is 29.6 Å². The highest BCUT2D eigenvalue weighted by Gasteiger charge is 2.39. The van der Waals surface area contributed by atoms with Gasteiger partial charge in [0.25, 0.3) is 5.78 Å². The van der Waals surface area contributed by atoms with E-state index in [0.717, 1.165) is 31.4 Å². The van der Waals surface area contributed by atoms with Gasteiger partial charge >= 0.3 is 6.18 Å². The standard InChI is InChI=1S/C13H14F4O2/c1-2-3-4-5-19-11-7-9(6-10(14)8-11)12(18)13(15,16)17/h6-8H,2-5H2,1H3. The van der Waals surface area contributed by atoms with Gasteiger partial charge in [0.15, 0.2) is 0 Å². The summed E-state index contributed by atoms with van der Waals surface area (Å²) in [6.45, 7) is 2.26. The molecular weight excluding hydrogens is 264 g/mol. The maximum atomic E-state index is 13.2. The van der Waals surface area contributed by atoms with Crippen LogP contribution in [0.5, 0.6) is 5.75 Å². The highest BCUT2D eigenvalue weighted by Crippen LogP contribution is 2.25. The Morgan fingerprint density at radius 2 is 1.89 bits per heavy atom. The molecule has 0 N–H and O–H groups in total. The first-order chi connectivity index (χ1) is 8.84. The van der Waals surface area contributed by atoms with Crippen LogP contribution in [0.3, 0.4) is 0 Å². The molecule has 19 heavy (non-hydrogen) atoms. The average molecular weight is 278 g/mol. The number of carbonyl (C=O) groups excluding carboxylic acids is 1. The lowest BCUT2D eigenvalue weighted by molar-refractivity contribution is -0.0885. The number of unbranched alkanes of at least 4 members (excludes halogenated alkanes) is 2. The van der Waals surface area contributed by atoms with Crippen molar-refractivity contribution in [3.8, 4) is 5.75 Å². The van der Waals surface area contributed by atoms with Gasteiger partial charge in [0, 0.05) is 11.6 Å². The Morgan fingerprint density at radius 1 is 1.21 bits per heavy atom. The van der Waals surface area contributed by atoms with Gasteiger partial charge < -0.3 is 4.74 Å². The molecule has 0 heterocycles. The number of carbonyl (C=O) groups is 1. The molecule has 0 fully saturated rings. The molecule has 1 rings (SSSR count). The zero-order valence-corrected chi connectivity index (χ0v) is 10.4. The first kappa shape index (κ1) is 15.5. The van der Waals surface area contributed by atoms with Crippen molar-refractivity contribution in [2.75, 3.05) is 6.61 Å². The van der Waals surface area contributed by atoms with Crippen molar-refractivity contribution in [2.45, 2.75) is 32.4 Å². The summed E-state index contributed by atoms with van der Waals surface area (Å²) in [4.78, 5) is 11.0. The van der Waals surface area contributed by atoms with Gasteiger partial charge in [-0.05, 0) is 18.6 Å². The van der Waals surface area contributed by atoms with Gasteiger partial charge in [0.1, 0.15) is 11.6 Å². The summed E-state index contributed by atoms with van der Waals surface area (Å²) >= 11 is 0. The molecule has 0 radical (unpaired) electrons. The Balaban J connectivity index is 2.80. The Morgan fingerprint density at radius 3 is 2.47 bits per heavy atom. The molecule has 1 aromatic rings. The number of hydrogen-bond acceptors (Lipinski definition) is 2. The fourth-order valence-electron chi connectivity index (χ4n) is 1.48. The van der Waals surface area contributed by atoms with E-state index in [2.05, 4.69) is 0 Å². The summed E-state index contributed by atoms with van der Waals surface area (Å²) in [5, 5.41) is 0. The van der Waals surface area contributed by atoms with Gasteiger partial charge in [0.05, 0.1) is 6.61 Å². The number of ketones is 1. The van der Waals surface area contributed by atoms with E-state index in [-0.39, 0.29) is 12.4 Å². The summed E-state index contributed by atoms with van der Waals surface area (Å²) in [7, 11) is 0. The van der Waals surface area contributed by atoms with Gasteiger partial charge in [-0.25, -0.2) is 4.39 Å². The Hall–Kier alpha value is -1.59. The average Bonchev–Trinajstić information content (AvgIpc) is 2.32. The van der Waals surface area contributed by atoms with E-state index in [4.69, 9.17) is 4.74 Å². The van der Waals surface area contributed by atoms with Gasteiger partial charge in [-0.15, -0.1) is 0 Å². The fourth-order valence-corrected chi connectivity index (χ4v) is 1.48. The Bertz CT molecular complexity index is 441. The van der Waals surface area contributed by atoms with Gasteiger partial charge in [0.2, 0.25) is 0 Å². The molecule has 0 bridgehead atoms. The van der Waals surface area contributed by atoms with Crippen molar-refractivity contribution >= 4 is 5.78 Å². The molecule has 0 unspecified atom stereocenters. The lowest BCUT2D eigenvalue weighted by atomic mass is 10.1. The maximum Gasteiger partial charge on any atom is 0.454 e. The summed E-state index contributed by atoms with van der Waals surface area (Å²) < 4.78 is 55.0. The van der Waals surface area contributed by atoms with Gasteiger partial charge in [-0.2, -0.15) is 13.2 Å². The number of ether oxygens (including phenoxy) is 1. The third-order valence-corrected chi connectivity index (χ3v) is 2.41. The van der Waals surface area contributed by atoms with Gasteiger partial charge in [-0.3, -0.25) is 4.79 Å². The number of Topliss-reactive ketones (excluding diaryl/α,β-unsaturated/α-hetero) is 1. The van der Waals surface area contributed by atoms with E-state index in [1.807, 2.05) is 6.92 Å². The predicted octanol–water partition coefficient (Wildman–Crippen LogP) is 4.14. The zero-order valence-electron chi connectivity index (χ0n) is 10.4. The first-order valence-corrected chi connectivity index (χ1v) is 5.89. The number of hydrogen-bond donors (Lipinski definition) is 0. The van der Waals surface area contributed by atoms with Crippen molar-refractivity contribution in [1.29, 1.82) is 0 Å². The maximum absolute atomic E-state index is 13.2. The van der Waals surface area contributed by atoms with E-state index < -0.39 is 23.3 Å². The molecule has 0 aliphatic rings. The van der Waals surface area contributed by atoms with Gasteiger partial charge in [-0.1, -0.05) is 19.8 Å². The summed E-state index contributed by atoms with van der Waals surface area (Å²) in [5.41, 5.74) is -0.752. The lowest BCUT2D eigenvalue weighted by Crippen LogP contribution is -2.22. The fraction of sp³-hybridized carbons (Fsp3) is 0.462. The first-order valence-electron chi connectivity index (χ1n) is 5.89. The summed E-state index contributed by atoms with van der Waals surface area (Å²) in [6.07, 6.45) is -2.43. The van der Waals surface area contributed by atoms with Crippen LogP contribution in [0.2, 0.25) is 0 Å². The van der Waals surface area contributed by atoms with Crippen LogP contribution < -0.4 is 4.74 Å². The largest absolute Gasteiger partial charge is 0.493 e. The van der Waals surface area contributed by atoms with Crippen molar-refractivity contribution in [3.63, 3.8) is 0 Å². The third kappa shape index (κ3) is 4.89. The molecule has 2 nitrogen and oxygen atoms in total. The highest BCUT2D eigenvalue weighted by atomic mass is 19.4. The van der Waals surface area contributed by atoms with Crippen LogP contribution >= 0.6 is 0 Å². The van der Waals surface area contributed by atoms with Crippen LogP contribution in [0.15, 0.2) is 18.2 Å². The molecule has 106 valence electrons. The van der Waals surface area contributed by atoms with Crippen LogP contribution in [0.25, 0.3) is 0 Å². The summed E-state index contributed by atoms with van der Waals surface area (Å²) in [5.74, 6) is -3.07. The molecule has 0 aliphatic carbocycles. The van der Waals surface area contributed by atoms with E-state index in [0.29, 0.717) is 6.07 Å². The third-order valence-electron chi connectivity index (χ3n) is 2.41. The van der Waals surface area contributed by atoms with Crippen LogP contribution in [0.1, 0.15) is 36.5 Å². The lowest BCUT2D eigenvalue weighted by Gasteiger charge is -2.09. The molecule has 1 aromatic carbocycles. The van der Waals surface area contributed by atoms with E-state index >= 15 is 0 Å².